The van der Waals surface area contributed by atoms with Crippen molar-refractivity contribution in [2.75, 3.05) is 0 Å². The van der Waals surface area contributed by atoms with Gasteiger partial charge in [-0.05, 0) is 29.9 Å². The average Bonchev–Trinajstić information content (AvgIpc) is 2.65. The highest BCUT2D eigenvalue weighted by atomic mass is 32.2. The Morgan fingerprint density at radius 2 is 1.72 bits per heavy atom. The third-order valence-corrected chi connectivity index (χ3v) is 5.61. The van der Waals surface area contributed by atoms with Crippen LogP contribution in [0.15, 0.2) is 30.3 Å². The van der Waals surface area contributed by atoms with E-state index in [-0.39, 0.29) is 16.2 Å². The Hall–Kier alpha value is -2.46. The second-order valence-electron chi connectivity index (χ2n) is 6.69. The van der Waals surface area contributed by atoms with Crippen LogP contribution in [-0.4, -0.2) is 30.8 Å². The van der Waals surface area contributed by atoms with Gasteiger partial charge in [0.1, 0.15) is 0 Å². The molecule has 0 saturated carbocycles. The Balaban J connectivity index is 2.08. The highest BCUT2D eigenvalue weighted by Crippen LogP contribution is 2.35. The lowest BCUT2D eigenvalue weighted by Gasteiger charge is -2.27. The Morgan fingerprint density at radius 3 is 2.38 bits per heavy atom. The van der Waals surface area contributed by atoms with Crippen LogP contribution in [-0.2, 0) is 20.8 Å². The van der Waals surface area contributed by atoms with Crippen molar-refractivity contribution < 1.29 is 35.5 Å². The molecule has 0 aromatic heterocycles. The summed E-state index contributed by atoms with van der Waals surface area (Å²) < 4.78 is 64.9. The molecule has 2 aromatic rings. The zero-order valence-electron chi connectivity index (χ0n) is 15.5. The van der Waals surface area contributed by atoms with Crippen LogP contribution in [0.1, 0.15) is 58.9 Å². The van der Waals surface area contributed by atoms with E-state index >= 15 is 0 Å². The van der Waals surface area contributed by atoms with Gasteiger partial charge in [0.25, 0.3) is 11.8 Å². The van der Waals surface area contributed by atoms with Crippen LogP contribution in [0.2, 0.25) is 0 Å². The Labute approximate surface area is 165 Å². The van der Waals surface area contributed by atoms with Gasteiger partial charge in [-0.25, -0.2) is 0 Å². The van der Waals surface area contributed by atoms with Crippen molar-refractivity contribution in [2.45, 2.75) is 44.5 Å². The summed E-state index contributed by atoms with van der Waals surface area (Å²) in [4.78, 5) is 25.5. The molecule has 0 spiro atoms. The molecule has 0 unspecified atom stereocenters. The molecule has 0 radical (unpaired) electrons. The standard InChI is InChI=1S/C19H18F3NO5S/c1-2-3-4-5-7-13-11-10-12-8-6-9-14-15(12)16(13)18(25)23(17(14)24)28-29(26,27)19(20,21)22/h6,8-11H,2-5,7H2,1H3. The van der Waals surface area contributed by atoms with Gasteiger partial charge in [0.05, 0.1) is 11.1 Å². The van der Waals surface area contributed by atoms with Crippen molar-refractivity contribution in [2.24, 2.45) is 0 Å². The molecule has 0 fully saturated rings. The van der Waals surface area contributed by atoms with Gasteiger partial charge in [0.15, 0.2) is 0 Å². The molecule has 2 amide bonds. The number of imide groups is 1. The molecule has 29 heavy (non-hydrogen) atoms. The minimum atomic E-state index is -6.19. The molecule has 0 bridgehead atoms. The lowest BCUT2D eigenvalue weighted by Crippen LogP contribution is -2.44. The number of carbonyl (C=O) groups is 2. The number of hydrogen-bond acceptors (Lipinski definition) is 5. The van der Waals surface area contributed by atoms with Gasteiger partial charge in [-0.1, -0.05) is 50.5 Å². The fourth-order valence-electron chi connectivity index (χ4n) is 3.31. The molecule has 2 aromatic carbocycles. The van der Waals surface area contributed by atoms with Gasteiger partial charge in [0, 0.05) is 5.39 Å². The van der Waals surface area contributed by atoms with Crippen molar-refractivity contribution in [3.8, 4) is 0 Å². The van der Waals surface area contributed by atoms with Gasteiger partial charge in [-0.15, -0.1) is 9.35 Å². The normalized spacial score (nSPS) is 14.7. The van der Waals surface area contributed by atoms with E-state index in [0.29, 0.717) is 22.8 Å². The number of alkyl halides is 3. The summed E-state index contributed by atoms with van der Waals surface area (Å²) in [5, 5.41) is 0.532. The number of nitrogens with zero attached hydrogens (tertiary/aromatic N) is 1. The van der Waals surface area contributed by atoms with Crippen LogP contribution in [0.5, 0.6) is 0 Å². The molecule has 6 nitrogen and oxygen atoms in total. The highest BCUT2D eigenvalue weighted by molar-refractivity contribution is 7.87. The molecule has 10 heteroatoms. The summed E-state index contributed by atoms with van der Waals surface area (Å²) in [6.07, 6.45) is 4.07. The Bertz CT molecular complexity index is 1080. The van der Waals surface area contributed by atoms with E-state index in [1.807, 2.05) is 6.92 Å². The average molecular weight is 429 g/mol. The van der Waals surface area contributed by atoms with Gasteiger partial charge in [-0.3, -0.25) is 9.59 Å². The van der Waals surface area contributed by atoms with Crippen LogP contribution < -0.4 is 0 Å². The first-order valence-electron chi connectivity index (χ1n) is 9.02. The Kier molecular flexibility index (Phi) is 5.68. The number of hydrogen-bond donors (Lipinski definition) is 0. The van der Waals surface area contributed by atoms with Gasteiger partial charge < -0.3 is 0 Å². The number of halogens is 3. The first-order valence-corrected chi connectivity index (χ1v) is 10.4. The molecule has 1 aliphatic rings. The third-order valence-electron chi connectivity index (χ3n) is 4.70. The molecular weight excluding hydrogens is 411 g/mol. The molecular formula is C19H18F3NO5S. The largest absolute Gasteiger partial charge is 0.525 e. The SMILES string of the molecule is CCCCCCc1ccc2cccc3c2c1C(=O)N(OS(=O)(=O)C(F)(F)F)C3=O. The molecule has 1 aliphatic heterocycles. The van der Waals surface area contributed by atoms with Gasteiger partial charge in [-0.2, -0.15) is 21.6 Å². The van der Waals surface area contributed by atoms with Gasteiger partial charge in [0.2, 0.25) is 0 Å². The lowest BCUT2D eigenvalue weighted by atomic mass is 9.89. The molecule has 1 heterocycles. The number of amides is 2. The van der Waals surface area contributed by atoms with Gasteiger partial charge >= 0.3 is 15.6 Å². The number of hydroxylamine groups is 2. The van der Waals surface area contributed by atoms with Crippen LogP contribution in [0.4, 0.5) is 13.2 Å². The summed E-state index contributed by atoms with van der Waals surface area (Å²) in [6.45, 7) is 2.04. The second kappa shape index (κ2) is 7.75. The van der Waals surface area contributed by atoms with Crippen molar-refractivity contribution >= 4 is 32.7 Å². The van der Waals surface area contributed by atoms with E-state index in [1.165, 1.54) is 12.1 Å². The third kappa shape index (κ3) is 3.86. The fraction of sp³-hybridized carbons (Fsp3) is 0.368. The summed E-state index contributed by atoms with van der Waals surface area (Å²) in [6, 6.07) is 7.86. The molecule has 156 valence electrons. The van der Waals surface area contributed by atoms with E-state index in [9.17, 15) is 31.2 Å². The molecule has 0 atom stereocenters. The maximum atomic E-state index is 12.9. The second-order valence-corrected chi connectivity index (χ2v) is 8.21. The maximum absolute atomic E-state index is 12.9. The van der Waals surface area contributed by atoms with E-state index in [2.05, 4.69) is 4.28 Å². The smallest absolute Gasteiger partial charge is 0.266 e. The number of rotatable bonds is 7. The zero-order chi connectivity index (χ0) is 21.4. The van der Waals surface area contributed by atoms with Crippen LogP contribution in [0.3, 0.4) is 0 Å². The van der Waals surface area contributed by atoms with E-state index in [0.717, 1.165) is 25.7 Å². The topological polar surface area (TPSA) is 80.8 Å². The summed E-state index contributed by atoms with van der Waals surface area (Å²) >= 11 is 0. The number of unbranched alkanes of at least 4 members (excludes halogenated alkanes) is 3. The lowest BCUT2D eigenvalue weighted by molar-refractivity contribution is -0.0761. The van der Waals surface area contributed by atoms with Crippen molar-refractivity contribution in [3.05, 3.63) is 47.0 Å². The minimum absolute atomic E-state index is 0.00780. The van der Waals surface area contributed by atoms with E-state index < -0.39 is 27.4 Å². The fourth-order valence-corrected chi connectivity index (χ4v) is 3.72. The monoisotopic (exact) mass is 429 g/mol. The quantitative estimate of drug-likeness (QED) is 0.372. The van der Waals surface area contributed by atoms with Crippen molar-refractivity contribution in [3.63, 3.8) is 0 Å². The van der Waals surface area contributed by atoms with E-state index in [4.69, 9.17) is 0 Å². The van der Waals surface area contributed by atoms with Crippen LogP contribution in [0.25, 0.3) is 10.8 Å². The minimum Gasteiger partial charge on any atom is -0.266 e. The van der Waals surface area contributed by atoms with Crippen LogP contribution >= 0.6 is 0 Å². The molecule has 3 rings (SSSR count). The predicted molar refractivity (Wildman–Crippen MR) is 98.4 cm³/mol. The summed E-state index contributed by atoms with van der Waals surface area (Å²) in [5.74, 6) is -2.48. The summed E-state index contributed by atoms with van der Waals surface area (Å²) in [5.41, 5.74) is -5.35. The highest BCUT2D eigenvalue weighted by Gasteiger charge is 2.51. The first-order chi connectivity index (χ1) is 13.6. The first kappa shape index (κ1) is 21.3. The zero-order valence-corrected chi connectivity index (χ0v) is 16.3. The van der Waals surface area contributed by atoms with Crippen molar-refractivity contribution in [1.29, 1.82) is 0 Å². The van der Waals surface area contributed by atoms with Crippen LogP contribution in [0, 0.1) is 0 Å². The molecule has 0 N–H and O–H groups in total. The van der Waals surface area contributed by atoms with E-state index in [1.54, 1.807) is 18.2 Å². The number of benzene rings is 2. The summed E-state index contributed by atoms with van der Waals surface area (Å²) in [7, 11) is -6.19. The molecule has 0 aliphatic carbocycles. The Morgan fingerprint density at radius 1 is 1.00 bits per heavy atom. The molecule has 0 saturated heterocycles. The predicted octanol–water partition coefficient (Wildman–Crippen LogP) is 4.34. The van der Waals surface area contributed by atoms with Crippen molar-refractivity contribution in [1.82, 2.24) is 5.06 Å². The number of aryl methyl sites for hydroxylation is 1. The maximum Gasteiger partial charge on any atom is 0.525 e. The number of carbonyl (C=O) groups excluding carboxylic acids is 2.